The fourth-order valence-electron chi connectivity index (χ4n) is 3.44. The second-order valence-electron chi connectivity index (χ2n) is 7.98. The van der Waals surface area contributed by atoms with Crippen molar-refractivity contribution in [3.63, 3.8) is 0 Å². The largest absolute Gasteiger partial charge is 0.506 e. The molecule has 0 radical (unpaired) electrons. The Bertz CT molecular complexity index is 1550. The standard InChI is InChI=1S/C28H19Cl4NO5S/c1-2-37-28(36)24-25(34)23(39-27(24)33-26(35)17-5-3-4-6-18(17)29)13-15-8-10-22(21(32)11-15)38-14-16-7-9-19(30)20(31)12-16/h3-13,34H,2,14H2,1H3/b23-13-,33-27?. The number of hydrogen-bond donors (Lipinski definition) is 1. The number of hydrogen-bond acceptors (Lipinski definition) is 6. The first-order valence-corrected chi connectivity index (χ1v) is 13.7. The van der Waals surface area contributed by atoms with Crippen LogP contribution in [0.25, 0.3) is 6.08 Å². The maximum atomic E-state index is 12.8. The Morgan fingerprint density at radius 2 is 1.72 bits per heavy atom. The van der Waals surface area contributed by atoms with Crippen LogP contribution in [0.3, 0.4) is 0 Å². The molecule has 1 aliphatic heterocycles. The van der Waals surface area contributed by atoms with Crippen molar-refractivity contribution in [3.05, 3.63) is 114 Å². The van der Waals surface area contributed by atoms with Crippen LogP contribution in [0.1, 0.15) is 28.4 Å². The second kappa shape index (κ2) is 12.9. The Morgan fingerprint density at radius 1 is 0.949 bits per heavy atom. The molecule has 0 bridgehead atoms. The Kier molecular flexibility index (Phi) is 9.64. The summed E-state index contributed by atoms with van der Waals surface area (Å²) in [6.07, 6.45) is 1.61. The van der Waals surface area contributed by atoms with Crippen molar-refractivity contribution in [2.75, 3.05) is 6.61 Å². The third kappa shape index (κ3) is 6.99. The van der Waals surface area contributed by atoms with Crippen molar-refractivity contribution in [1.82, 2.24) is 0 Å². The van der Waals surface area contributed by atoms with Crippen molar-refractivity contribution < 1.29 is 24.2 Å². The highest BCUT2D eigenvalue weighted by atomic mass is 35.5. The van der Waals surface area contributed by atoms with Crippen molar-refractivity contribution >= 4 is 81.2 Å². The lowest BCUT2D eigenvalue weighted by molar-refractivity contribution is -0.138. The van der Waals surface area contributed by atoms with E-state index >= 15 is 0 Å². The number of ether oxygens (including phenoxy) is 2. The molecule has 1 heterocycles. The van der Waals surface area contributed by atoms with Crippen LogP contribution in [0.2, 0.25) is 20.1 Å². The maximum Gasteiger partial charge on any atom is 0.344 e. The molecular weight excluding hydrogens is 604 g/mol. The van der Waals surface area contributed by atoms with Crippen LogP contribution in [-0.2, 0) is 16.1 Å². The highest BCUT2D eigenvalue weighted by molar-refractivity contribution is 8.18. The first-order chi connectivity index (χ1) is 18.7. The topological polar surface area (TPSA) is 85.2 Å². The molecule has 0 aliphatic carbocycles. The van der Waals surface area contributed by atoms with Crippen LogP contribution < -0.4 is 4.74 Å². The van der Waals surface area contributed by atoms with Gasteiger partial charge in [0.2, 0.25) is 0 Å². The Labute approximate surface area is 248 Å². The van der Waals surface area contributed by atoms with Gasteiger partial charge in [-0.2, -0.15) is 0 Å². The maximum absolute atomic E-state index is 12.8. The lowest BCUT2D eigenvalue weighted by atomic mass is 10.1. The molecule has 0 fully saturated rings. The summed E-state index contributed by atoms with van der Waals surface area (Å²) in [4.78, 5) is 29.8. The molecule has 39 heavy (non-hydrogen) atoms. The molecule has 6 nitrogen and oxygen atoms in total. The van der Waals surface area contributed by atoms with Gasteiger partial charge in [0.1, 0.15) is 28.7 Å². The van der Waals surface area contributed by atoms with Crippen LogP contribution in [-0.4, -0.2) is 28.6 Å². The number of esters is 1. The monoisotopic (exact) mass is 621 g/mol. The predicted molar refractivity (Wildman–Crippen MR) is 157 cm³/mol. The lowest BCUT2D eigenvalue weighted by Gasteiger charge is -2.10. The van der Waals surface area contributed by atoms with Crippen LogP contribution in [0.4, 0.5) is 0 Å². The van der Waals surface area contributed by atoms with Gasteiger partial charge in [-0.25, -0.2) is 9.79 Å². The number of aliphatic imine (C=N–C) groups is 1. The van der Waals surface area contributed by atoms with E-state index in [2.05, 4.69) is 4.99 Å². The van der Waals surface area contributed by atoms with Gasteiger partial charge in [0, 0.05) is 0 Å². The zero-order valence-corrected chi connectivity index (χ0v) is 24.1. The molecule has 200 valence electrons. The molecule has 1 N–H and O–H groups in total. The number of halogens is 4. The smallest absolute Gasteiger partial charge is 0.344 e. The number of aliphatic hydroxyl groups is 1. The first-order valence-electron chi connectivity index (χ1n) is 11.4. The molecule has 4 rings (SSSR count). The van der Waals surface area contributed by atoms with E-state index in [1.807, 2.05) is 0 Å². The highest BCUT2D eigenvalue weighted by Gasteiger charge is 2.34. The van der Waals surface area contributed by atoms with Crippen LogP contribution in [0.5, 0.6) is 5.75 Å². The molecule has 3 aromatic rings. The van der Waals surface area contributed by atoms with Crippen LogP contribution in [0, 0.1) is 0 Å². The zero-order valence-electron chi connectivity index (χ0n) is 20.2. The fraction of sp³-hybridized carbons (Fsp3) is 0.107. The molecule has 1 aliphatic rings. The normalized spacial score (nSPS) is 15.2. The van der Waals surface area contributed by atoms with Gasteiger partial charge >= 0.3 is 5.97 Å². The highest BCUT2D eigenvalue weighted by Crippen LogP contribution is 2.40. The van der Waals surface area contributed by atoms with E-state index in [4.69, 9.17) is 55.9 Å². The second-order valence-corrected chi connectivity index (χ2v) is 10.6. The lowest BCUT2D eigenvalue weighted by Crippen LogP contribution is -2.14. The van der Waals surface area contributed by atoms with Gasteiger partial charge in [-0.3, -0.25) is 4.79 Å². The molecule has 11 heteroatoms. The van der Waals surface area contributed by atoms with E-state index in [0.29, 0.717) is 26.4 Å². The zero-order chi connectivity index (χ0) is 28.1. The van der Waals surface area contributed by atoms with Gasteiger partial charge in [0.25, 0.3) is 5.91 Å². The quantitative estimate of drug-likeness (QED) is 0.266. The molecule has 0 atom stereocenters. The minimum absolute atomic E-state index is 0.00482. The summed E-state index contributed by atoms with van der Waals surface area (Å²) in [7, 11) is 0. The minimum Gasteiger partial charge on any atom is -0.506 e. The third-order valence-electron chi connectivity index (χ3n) is 5.31. The van der Waals surface area contributed by atoms with Crippen LogP contribution in [0.15, 0.2) is 81.9 Å². The van der Waals surface area contributed by atoms with Gasteiger partial charge in [-0.1, -0.05) is 82.4 Å². The minimum atomic E-state index is -0.805. The van der Waals surface area contributed by atoms with E-state index < -0.39 is 11.9 Å². The van der Waals surface area contributed by atoms with Gasteiger partial charge in [0.15, 0.2) is 0 Å². The number of aliphatic hydroxyl groups excluding tert-OH is 1. The average Bonchev–Trinajstić information content (AvgIpc) is 3.20. The van der Waals surface area contributed by atoms with Gasteiger partial charge < -0.3 is 14.6 Å². The average molecular weight is 623 g/mol. The summed E-state index contributed by atoms with van der Waals surface area (Å²) in [5.41, 5.74) is 1.38. The van der Waals surface area contributed by atoms with E-state index in [1.54, 1.807) is 67.6 Å². The Hall–Kier alpha value is -2.94. The number of nitrogens with zero attached hydrogens (tertiary/aromatic N) is 1. The predicted octanol–water partition coefficient (Wildman–Crippen LogP) is 8.58. The molecular formula is C28H19Cl4NO5S. The van der Waals surface area contributed by atoms with Crippen molar-refractivity contribution in [1.29, 1.82) is 0 Å². The molecule has 1 amide bonds. The Balaban J connectivity index is 1.59. The SMILES string of the molecule is CCOC(=O)C1=C(O)/C(=C/c2ccc(OCc3ccc(Cl)c(Cl)c3)c(Cl)c2)SC1=NC(=O)c1ccccc1Cl. The Morgan fingerprint density at radius 3 is 2.41 bits per heavy atom. The van der Waals surface area contributed by atoms with Crippen molar-refractivity contribution in [2.24, 2.45) is 4.99 Å². The summed E-state index contributed by atoms with van der Waals surface area (Å²) in [6, 6.07) is 16.6. The molecule has 0 aromatic heterocycles. The number of carbonyl (C=O) groups excluding carboxylic acids is 2. The molecule has 0 saturated carbocycles. The number of rotatable bonds is 7. The van der Waals surface area contributed by atoms with E-state index in [1.165, 1.54) is 6.07 Å². The van der Waals surface area contributed by atoms with Crippen molar-refractivity contribution in [3.8, 4) is 5.75 Å². The van der Waals surface area contributed by atoms with Crippen LogP contribution >= 0.6 is 58.2 Å². The summed E-state index contributed by atoms with van der Waals surface area (Å²) >= 11 is 25.5. The molecule has 0 spiro atoms. The number of amides is 1. The van der Waals surface area contributed by atoms with E-state index in [-0.39, 0.29) is 45.1 Å². The van der Waals surface area contributed by atoms with Gasteiger partial charge in [-0.15, -0.1) is 0 Å². The number of carbonyl (C=O) groups is 2. The molecule has 0 saturated heterocycles. The summed E-state index contributed by atoms with van der Waals surface area (Å²) in [5.74, 6) is -1.39. The number of benzene rings is 3. The summed E-state index contributed by atoms with van der Waals surface area (Å²) < 4.78 is 10.9. The summed E-state index contributed by atoms with van der Waals surface area (Å²) in [5, 5.41) is 12.3. The first kappa shape index (κ1) is 29.1. The van der Waals surface area contributed by atoms with Gasteiger partial charge in [-0.05, 0) is 60.5 Å². The van der Waals surface area contributed by atoms with E-state index in [0.717, 1.165) is 17.3 Å². The molecule has 0 unspecified atom stereocenters. The van der Waals surface area contributed by atoms with Crippen molar-refractivity contribution in [2.45, 2.75) is 13.5 Å². The summed E-state index contributed by atoms with van der Waals surface area (Å²) in [6.45, 7) is 1.93. The third-order valence-corrected chi connectivity index (χ3v) is 7.69. The fourth-order valence-corrected chi connectivity index (χ4v) is 5.24. The van der Waals surface area contributed by atoms with E-state index in [9.17, 15) is 14.7 Å². The number of thioether (sulfide) groups is 1. The molecule has 3 aromatic carbocycles. The van der Waals surface area contributed by atoms with Gasteiger partial charge in [0.05, 0.1) is 37.2 Å².